The van der Waals surface area contributed by atoms with E-state index in [1.165, 1.54) is 0 Å². The quantitative estimate of drug-likeness (QED) is 0.825. The molecule has 0 bridgehead atoms. The highest BCUT2D eigenvalue weighted by Gasteiger charge is 2.35. The minimum absolute atomic E-state index is 0.372. The second-order valence-electron chi connectivity index (χ2n) is 4.43. The number of nitrogen functional groups attached to an aromatic ring is 1. The molecule has 1 rings (SSSR count). The van der Waals surface area contributed by atoms with E-state index in [4.69, 9.17) is 10.5 Å². The summed E-state index contributed by atoms with van der Waals surface area (Å²) in [6, 6.07) is 1.84. The molecule has 17 heavy (non-hydrogen) atoms. The van der Waals surface area contributed by atoms with Gasteiger partial charge >= 0.3 is 0 Å². The molecule has 0 aliphatic carbocycles. The molecule has 0 aromatic carbocycles. The number of nitrogens with two attached hydrogens (primary N) is 1. The Morgan fingerprint density at radius 1 is 1.53 bits per heavy atom. The maximum atomic E-state index is 10.5. The van der Waals surface area contributed by atoms with Crippen LogP contribution in [-0.2, 0) is 4.74 Å². The fourth-order valence-electron chi connectivity index (χ4n) is 1.96. The highest BCUT2D eigenvalue weighted by Crippen LogP contribution is 2.35. The third-order valence-corrected chi connectivity index (χ3v) is 3.27. The molecule has 0 amide bonds. The van der Waals surface area contributed by atoms with Crippen molar-refractivity contribution < 1.29 is 9.84 Å². The third-order valence-electron chi connectivity index (χ3n) is 3.27. The van der Waals surface area contributed by atoms with Gasteiger partial charge in [-0.25, -0.2) is 4.98 Å². The first-order valence-corrected chi connectivity index (χ1v) is 5.99. The summed E-state index contributed by atoms with van der Waals surface area (Å²) in [5.41, 5.74) is 6.82. The van der Waals surface area contributed by atoms with Crippen LogP contribution in [-0.4, -0.2) is 22.3 Å². The van der Waals surface area contributed by atoms with Gasteiger partial charge in [0.25, 0.3) is 0 Å². The van der Waals surface area contributed by atoms with E-state index in [1.807, 2.05) is 33.8 Å². The number of anilines is 1. The van der Waals surface area contributed by atoms with E-state index in [9.17, 15) is 5.11 Å². The van der Waals surface area contributed by atoms with E-state index in [1.54, 1.807) is 6.20 Å². The summed E-state index contributed by atoms with van der Waals surface area (Å²) in [4.78, 5) is 4.03. The second kappa shape index (κ2) is 5.47. The smallest absolute Gasteiger partial charge is 0.129 e. The number of aryl methyl sites for hydroxylation is 1. The van der Waals surface area contributed by atoms with Gasteiger partial charge in [-0.2, -0.15) is 0 Å². The van der Waals surface area contributed by atoms with Gasteiger partial charge in [0, 0.05) is 18.4 Å². The predicted molar refractivity (Wildman–Crippen MR) is 68.7 cm³/mol. The molecule has 1 aromatic rings. The average Bonchev–Trinajstić information content (AvgIpc) is 2.28. The van der Waals surface area contributed by atoms with Crippen LogP contribution in [0.2, 0.25) is 0 Å². The molecule has 0 aliphatic rings. The molecule has 0 fully saturated rings. The first kappa shape index (κ1) is 13.9. The molecular weight excluding hydrogens is 216 g/mol. The molecule has 0 saturated carbocycles. The summed E-state index contributed by atoms with van der Waals surface area (Å²) < 4.78 is 5.67. The monoisotopic (exact) mass is 238 g/mol. The minimum Gasteiger partial charge on any atom is -0.385 e. The van der Waals surface area contributed by atoms with Crippen LogP contribution in [0.25, 0.3) is 0 Å². The molecular formula is C13H22N2O2. The lowest BCUT2D eigenvalue weighted by Crippen LogP contribution is -2.36. The van der Waals surface area contributed by atoms with Crippen LogP contribution in [0.1, 0.15) is 44.4 Å². The number of pyridine rings is 1. The Morgan fingerprint density at radius 2 is 2.18 bits per heavy atom. The zero-order valence-corrected chi connectivity index (χ0v) is 11.0. The topological polar surface area (TPSA) is 68.4 Å². The standard InChI is InChI=1S/C13H22N2O2/c1-5-13(4,17-6-2)11(16)10-9(3)7-8-15-12(10)14/h7-8,11,16H,5-6H2,1-4H3,(H2,14,15). The van der Waals surface area contributed by atoms with Crippen molar-refractivity contribution in [3.63, 3.8) is 0 Å². The van der Waals surface area contributed by atoms with Crippen LogP contribution >= 0.6 is 0 Å². The van der Waals surface area contributed by atoms with E-state index >= 15 is 0 Å². The minimum atomic E-state index is -0.763. The van der Waals surface area contributed by atoms with Crippen molar-refractivity contribution in [1.82, 2.24) is 4.98 Å². The van der Waals surface area contributed by atoms with E-state index < -0.39 is 11.7 Å². The summed E-state index contributed by atoms with van der Waals surface area (Å²) in [5, 5.41) is 10.5. The number of nitrogens with zero attached hydrogens (tertiary/aromatic N) is 1. The first-order chi connectivity index (χ1) is 7.96. The van der Waals surface area contributed by atoms with Crippen molar-refractivity contribution in [3.8, 4) is 0 Å². The van der Waals surface area contributed by atoms with Gasteiger partial charge in [0.05, 0.1) is 5.60 Å². The largest absolute Gasteiger partial charge is 0.385 e. The van der Waals surface area contributed by atoms with Gasteiger partial charge in [-0.1, -0.05) is 6.92 Å². The van der Waals surface area contributed by atoms with Gasteiger partial charge in [0.2, 0.25) is 0 Å². The van der Waals surface area contributed by atoms with Gasteiger partial charge in [-0.3, -0.25) is 0 Å². The molecule has 0 saturated heterocycles. The highest BCUT2D eigenvalue weighted by atomic mass is 16.5. The molecule has 2 atom stereocenters. The lowest BCUT2D eigenvalue weighted by Gasteiger charge is -2.34. The summed E-state index contributed by atoms with van der Waals surface area (Å²) in [7, 11) is 0. The molecule has 1 aromatic heterocycles. The number of aliphatic hydroxyl groups excluding tert-OH is 1. The van der Waals surface area contributed by atoms with Crippen LogP contribution in [0.3, 0.4) is 0 Å². The Morgan fingerprint density at radius 3 is 2.65 bits per heavy atom. The van der Waals surface area contributed by atoms with Crippen LogP contribution < -0.4 is 5.73 Å². The Labute approximate surface area is 103 Å². The van der Waals surface area contributed by atoms with Gasteiger partial charge in [-0.15, -0.1) is 0 Å². The van der Waals surface area contributed by atoms with Crippen LogP contribution in [0.15, 0.2) is 12.3 Å². The third kappa shape index (κ3) is 2.76. The molecule has 3 N–H and O–H groups in total. The number of hydrogen-bond acceptors (Lipinski definition) is 4. The van der Waals surface area contributed by atoms with E-state index in [2.05, 4.69) is 4.98 Å². The maximum absolute atomic E-state index is 10.5. The molecule has 96 valence electrons. The second-order valence-corrected chi connectivity index (χ2v) is 4.43. The molecule has 0 radical (unpaired) electrons. The van der Waals surface area contributed by atoms with Crippen LogP contribution in [0, 0.1) is 6.92 Å². The summed E-state index contributed by atoms with van der Waals surface area (Å²) >= 11 is 0. The van der Waals surface area contributed by atoms with Crippen molar-refractivity contribution in [3.05, 3.63) is 23.4 Å². The Hall–Kier alpha value is -1.13. The summed E-state index contributed by atoms with van der Waals surface area (Å²) in [6.45, 7) is 8.27. The van der Waals surface area contributed by atoms with Crippen LogP contribution in [0.5, 0.6) is 0 Å². The normalized spacial score (nSPS) is 16.5. The maximum Gasteiger partial charge on any atom is 0.129 e. The number of aliphatic hydroxyl groups is 1. The number of ether oxygens (including phenoxy) is 1. The molecule has 4 heteroatoms. The Bertz CT molecular complexity index is 361. The zero-order chi connectivity index (χ0) is 13.1. The Kier molecular flexibility index (Phi) is 4.48. The number of hydrogen-bond donors (Lipinski definition) is 2. The van der Waals surface area contributed by atoms with Gasteiger partial charge in [-0.05, 0) is 38.8 Å². The van der Waals surface area contributed by atoms with Gasteiger partial charge in [0.1, 0.15) is 11.9 Å². The fraction of sp³-hybridized carbons (Fsp3) is 0.615. The molecule has 1 heterocycles. The SMILES string of the molecule is CCOC(C)(CC)C(O)c1c(C)ccnc1N. The average molecular weight is 238 g/mol. The lowest BCUT2D eigenvalue weighted by molar-refractivity contribution is -0.113. The predicted octanol–water partition coefficient (Wildman–Crippen LogP) is 2.21. The van der Waals surface area contributed by atoms with Crippen LogP contribution in [0.4, 0.5) is 5.82 Å². The van der Waals surface area contributed by atoms with E-state index in [0.29, 0.717) is 24.4 Å². The van der Waals surface area contributed by atoms with Gasteiger partial charge in [0.15, 0.2) is 0 Å². The van der Waals surface area contributed by atoms with Crippen molar-refractivity contribution >= 4 is 5.82 Å². The van der Waals surface area contributed by atoms with Crippen molar-refractivity contribution in [2.45, 2.75) is 45.8 Å². The zero-order valence-electron chi connectivity index (χ0n) is 11.0. The van der Waals surface area contributed by atoms with E-state index in [0.717, 1.165) is 5.56 Å². The molecule has 0 spiro atoms. The fourth-order valence-corrected chi connectivity index (χ4v) is 1.96. The van der Waals surface area contributed by atoms with E-state index in [-0.39, 0.29) is 0 Å². The molecule has 4 nitrogen and oxygen atoms in total. The summed E-state index contributed by atoms with van der Waals surface area (Å²) in [5.74, 6) is 0.372. The molecule has 0 aliphatic heterocycles. The van der Waals surface area contributed by atoms with Crippen molar-refractivity contribution in [2.24, 2.45) is 0 Å². The highest BCUT2D eigenvalue weighted by molar-refractivity contribution is 5.46. The first-order valence-electron chi connectivity index (χ1n) is 5.99. The van der Waals surface area contributed by atoms with Gasteiger partial charge < -0.3 is 15.6 Å². The summed E-state index contributed by atoms with van der Waals surface area (Å²) in [6.07, 6.45) is 1.59. The van der Waals surface area contributed by atoms with Crippen molar-refractivity contribution in [1.29, 1.82) is 0 Å². The number of rotatable bonds is 5. The van der Waals surface area contributed by atoms with Crippen molar-refractivity contribution in [2.75, 3.05) is 12.3 Å². The Balaban J connectivity index is 3.14. The lowest BCUT2D eigenvalue weighted by atomic mass is 9.88. The molecule has 2 unspecified atom stereocenters. The number of aromatic nitrogens is 1.